The second-order valence-corrected chi connectivity index (χ2v) is 5.38. The Morgan fingerprint density at radius 1 is 1.11 bits per heavy atom. The summed E-state index contributed by atoms with van der Waals surface area (Å²) in [5, 5.41) is 1.09. The van der Waals surface area contributed by atoms with Gasteiger partial charge in [-0.1, -0.05) is 36.0 Å². The number of thioether (sulfide) groups is 1. The Kier molecular flexibility index (Phi) is 3.79. The summed E-state index contributed by atoms with van der Waals surface area (Å²) in [5.74, 6) is 1.10. The van der Waals surface area contributed by atoms with Crippen LogP contribution in [0.2, 0.25) is 0 Å². The number of aliphatic imine (C=N–C) groups is 1. The molecule has 0 bridgehead atoms. The van der Waals surface area contributed by atoms with Crippen molar-refractivity contribution in [1.82, 2.24) is 9.88 Å². The van der Waals surface area contributed by atoms with Crippen LogP contribution < -0.4 is 0 Å². The predicted octanol–water partition coefficient (Wildman–Crippen LogP) is 3.32. The highest BCUT2D eigenvalue weighted by Gasteiger charge is 2.19. The van der Waals surface area contributed by atoms with Crippen LogP contribution in [0.15, 0.2) is 59.7 Å². The fourth-order valence-electron chi connectivity index (χ4n) is 1.98. The van der Waals surface area contributed by atoms with E-state index in [0.29, 0.717) is 0 Å². The number of amidine groups is 1. The molecule has 0 aliphatic carbocycles. The fraction of sp³-hybridized carbons (Fsp3) is 0.200. The number of benzene rings is 1. The van der Waals surface area contributed by atoms with Crippen LogP contribution in [0.1, 0.15) is 5.69 Å². The topological polar surface area (TPSA) is 28.5 Å². The molecular weight excluding hydrogens is 254 g/mol. The Morgan fingerprint density at radius 3 is 2.74 bits per heavy atom. The van der Waals surface area contributed by atoms with Gasteiger partial charge in [-0.2, -0.15) is 0 Å². The zero-order chi connectivity index (χ0) is 12.9. The van der Waals surface area contributed by atoms with Gasteiger partial charge in [-0.05, 0) is 24.3 Å². The third-order valence-electron chi connectivity index (χ3n) is 2.92. The molecule has 3 rings (SSSR count). The van der Waals surface area contributed by atoms with Gasteiger partial charge in [-0.25, -0.2) is 4.99 Å². The van der Waals surface area contributed by atoms with Crippen molar-refractivity contribution in [2.24, 2.45) is 4.99 Å². The zero-order valence-corrected chi connectivity index (χ0v) is 11.4. The molecule has 3 nitrogen and oxygen atoms in total. The first kappa shape index (κ1) is 12.2. The highest BCUT2D eigenvalue weighted by Crippen LogP contribution is 2.23. The Bertz CT molecular complexity index is 554. The molecule has 96 valence electrons. The summed E-state index contributed by atoms with van der Waals surface area (Å²) in [7, 11) is 0. The highest BCUT2D eigenvalue weighted by molar-refractivity contribution is 8.14. The number of nitrogens with zero attached hydrogens (tertiary/aromatic N) is 3. The van der Waals surface area contributed by atoms with E-state index in [1.54, 1.807) is 0 Å². The van der Waals surface area contributed by atoms with Gasteiger partial charge in [0.2, 0.25) is 0 Å². The van der Waals surface area contributed by atoms with Crippen LogP contribution in [0.4, 0.5) is 5.69 Å². The molecule has 0 radical (unpaired) electrons. The Hall–Kier alpha value is -1.81. The lowest BCUT2D eigenvalue weighted by Gasteiger charge is -2.17. The fourth-order valence-corrected chi connectivity index (χ4v) is 2.99. The van der Waals surface area contributed by atoms with Gasteiger partial charge in [0.1, 0.15) is 0 Å². The second-order valence-electron chi connectivity index (χ2n) is 4.32. The Balaban J connectivity index is 1.77. The average Bonchev–Trinajstić information content (AvgIpc) is 2.88. The molecule has 1 aliphatic rings. The van der Waals surface area contributed by atoms with Crippen molar-refractivity contribution >= 4 is 22.6 Å². The van der Waals surface area contributed by atoms with Crippen molar-refractivity contribution in [2.75, 3.05) is 12.3 Å². The predicted molar refractivity (Wildman–Crippen MR) is 80.6 cm³/mol. The summed E-state index contributed by atoms with van der Waals surface area (Å²) < 4.78 is 0. The van der Waals surface area contributed by atoms with Crippen LogP contribution in [-0.4, -0.2) is 27.3 Å². The van der Waals surface area contributed by atoms with Gasteiger partial charge in [-0.3, -0.25) is 4.98 Å². The number of hydrogen-bond acceptors (Lipinski definition) is 3. The quantitative estimate of drug-likeness (QED) is 0.855. The van der Waals surface area contributed by atoms with Crippen molar-refractivity contribution in [2.45, 2.75) is 6.54 Å². The number of pyridine rings is 1. The van der Waals surface area contributed by atoms with E-state index < -0.39 is 0 Å². The molecule has 0 unspecified atom stereocenters. The monoisotopic (exact) mass is 269 g/mol. The highest BCUT2D eigenvalue weighted by atomic mass is 32.2. The van der Waals surface area contributed by atoms with E-state index in [-0.39, 0.29) is 0 Å². The van der Waals surface area contributed by atoms with Gasteiger partial charge in [0, 0.05) is 18.5 Å². The number of rotatable bonds is 3. The minimum atomic E-state index is 0.833. The first-order valence-corrected chi connectivity index (χ1v) is 7.32. The minimum absolute atomic E-state index is 0.833. The molecule has 1 aliphatic heterocycles. The van der Waals surface area contributed by atoms with Gasteiger partial charge < -0.3 is 4.90 Å². The molecule has 1 saturated heterocycles. The van der Waals surface area contributed by atoms with E-state index in [1.165, 1.54) is 0 Å². The average molecular weight is 269 g/mol. The van der Waals surface area contributed by atoms with Crippen LogP contribution in [0.3, 0.4) is 0 Å². The summed E-state index contributed by atoms with van der Waals surface area (Å²) in [6.45, 7) is 1.87. The minimum Gasteiger partial charge on any atom is -0.344 e. The van der Waals surface area contributed by atoms with E-state index in [0.717, 1.165) is 35.4 Å². The maximum Gasteiger partial charge on any atom is 0.164 e. The molecule has 0 atom stereocenters. The second kappa shape index (κ2) is 5.89. The Morgan fingerprint density at radius 2 is 1.95 bits per heavy atom. The molecule has 2 heterocycles. The summed E-state index contributed by atoms with van der Waals surface area (Å²) >= 11 is 1.81. The lowest BCUT2D eigenvalue weighted by Crippen LogP contribution is -2.24. The molecule has 0 spiro atoms. The van der Waals surface area contributed by atoms with Crippen molar-refractivity contribution in [3.8, 4) is 0 Å². The molecular formula is C15H15N3S. The van der Waals surface area contributed by atoms with E-state index in [9.17, 15) is 0 Å². The van der Waals surface area contributed by atoms with Crippen molar-refractivity contribution < 1.29 is 0 Å². The van der Waals surface area contributed by atoms with Crippen LogP contribution in [-0.2, 0) is 6.54 Å². The smallest absolute Gasteiger partial charge is 0.164 e. The van der Waals surface area contributed by atoms with E-state index >= 15 is 0 Å². The molecule has 0 N–H and O–H groups in total. The SMILES string of the molecule is c1ccc(N=C2SCCN2Cc2ccccn2)cc1. The Labute approximate surface area is 117 Å². The van der Waals surface area contributed by atoms with Gasteiger partial charge in [0.05, 0.1) is 17.9 Å². The number of aromatic nitrogens is 1. The van der Waals surface area contributed by atoms with E-state index in [2.05, 4.69) is 16.0 Å². The lowest BCUT2D eigenvalue weighted by atomic mass is 10.3. The van der Waals surface area contributed by atoms with E-state index in [4.69, 9.17) is 4.99 Å². The van der Waals surface area contributed by atoms with Gasteiger partial charge in [0.15, 0.2) is 5.17 Å². The maximum atomic E-state index is 4.71. The molecule has 0 saturated carbocycles. The molecule has 4 heteroatoms. The zero-order valence-electron chi connectivity index (χ0n) is 10.6. The third-order valence-corrected chi connectivity index (χ3v) is 3.92. The number of hydrogen-bond donors (Lipinski definition) is 0. The number of para-hydroxylation sites is 1. The standard InChI is InChI=1S/C15H15N3S/c1-2-6-13(7-3-1)17-15-18(10-11-19-15)12-14-8-4-5-9-16-14/h1-9H,10-12H2. The normalized spacial score (nSPS) is 17.1. The summed E-state index contributed by atoms with van der Waals surface area (Å²) in [6, 6.07) is 16.1. The molecule has 2 aromatic rings. The van der Waals surface area contributed by atoms with Crippen LogP contribution in [0.25, 0.3) is 0 Å². The van der Waals surface area contributed by atoms with Gasteiger partial charge in [0.25, 0.3) is 0 Å². The third kappa shape index (κ3) is 3.15. The van der Waals surface area contributed by atoms with Crippen LogP contribution >= 0.6 is 11.8 Å². The molecule has 19 heavy (non-hydrogen) atoms. The lowest BCUT2D eigenvalue weighted by molar-refractivity contribution is 0.450. The maximum absolute atomic E-state index is 4.71. The largest absolute Gasteiger partial charge is 0.344 e. The summed E-state index contributed by atoms with van der Waals surface area (Å²) in [5.41, 5.74) is 2.10. The van der Waals surface area contributed by atoms with Crippen LogP contribution in [0.5, 0.6) is 0 Å². The first-order valence-electron chi connectivity index (χ1n) is 6.33. The van der Waals surface area contributed by atoms with Crippen LogP contribution in [0, 0.1) is 0 Å². The van der Waals surface area contributed by atoms with Gasteiger partial charge in [-0.15, -0.1) is 0 Å². The molecule has 1 aromatic heterocycles. The van der Waals surface area contributed by atoms with Crippen molar-refractivity contribution in [1.29, 1.82) is 0 Å². The molecule has 0 amide bonds. The van der Waals surface area contributed by atoms with Crippen molar-refractivity contribution in [3.63, 3.8) is 0 Å². The van der Waals surface area contributed by atoms with E-state index in [1.807, 2.05) is 60.4 Å². The first-order chi connectivity index (χ1) is 9.42. The molecule has 1 aromatic carbocycles. The summed E-state index contributed by atoms with van der Waals surface area (Å²) in [4.78, 5) is 11.4. The summed E-state index contributed by atoms with van der Waals surface area (Å²) in [6.07, 6.45) is 1.84. The van der Waals surface area contributed by atoms with Crippen molar-refractivity contribution in [3.05, 3.63) is 60.4 Å². The molecule has 1 fully saturated rings. The van der Waals surface area contributed by atoms with Gasteiger partial charge >= 0.3 is 0 Å².